The zero-order chi connectivity index (χ0) is 32.7. The number of carbonyl (C=O) groups excluding carboxylic acids is 1. The number of alkyl halides is 3. The summed E-state index contributed by atoms with van der Waals surface area (Å²) in [5, 5.41) is 16.1. The lowest BCUT2D eigenvalue weighted by molar-refractivity contribution is -0.137. The van der Waals surface area contributed by atoms with Crippen LogP contribution in [-0.2, 0) is 27.5 Å². The molecule has 2 N–H and O–H groups in total. The van der Waals surface area contributed by atoms with Gasteiger partial charge in [-0.25, -0.2) is 21.6 Å². The van der Waals surface area contributed by atoms with Gasteiger partial charge in [0, 0.05) is 23.4 Å². The van der Waals surface area contributed by atoms with Crippen LogP contribution in [0.4, 0.5) is 32.0 Å². The number of nitrogens with zero attached hydrogens (tertiary/aromatic N) is 1. The molecule has 7 nitrogen and oxygen atoms in total. The molecule has 2 saturated carbocycles. The van der Waals surface area contributed by atoms with Crippen molar-refractivity contribution in [3.63, 3.8) is 0 Å². The van der Waals surface area contributed by atoms with Crippen LogP contribution in [-0.4, -0.2) is 36.5 Å². The highest BCUT2D eigenvalue weighted by Gasteiger charge is 2.54. The minimum atomic E-state index is -4.47. The fourth-order valence-electron chi connectivity index (χ4n) is 6.06. The molecule has 1 amide bonds. The molecule has 45 heavy (non-hydrogen) atoms. The first-order chi connectivity index (χ1) is 21.1. The monoisotopic (exact) mass is 674 g/mol. The molecule has 2 aliphatic carbocycles. The van der Waals surface area contributed by atoms with Crippen LogP contribution in [0.1, 0.15) is 47.2 Å². The van der Waals surface area contributed by atoms with E-state index in [0.717, 1.165) is 18.2 Å². The number of hydrogen-bond acceptors (Lipinski definition) is 6. The Hall–Kier alpha value is -3.62. The number of sulfone groups is 1. The maximum Gasteiger partial charge on any atom is 0.416 e. The summed E-state index contributed by atoms with van der Waals surface area (Å²) >= 11 is 6.27. The third-order valence-electron chi connectivity index (χ3n) is 8.05. The Kier molecular flexibility index (Phi) is 8.95. The number of halogens is 7. The number of benzene rings is 3. The van der Waals surface area contributed by atoms with Gasteiger partial charge in [-0.05, 0) is 73.4 Å². The number of fused-ring (bicyclic) bond motifs is 2. The summed E-state index contributed by atoms with van der Waals surface area (Å²) < 4.78 is 106. The standard InChI is InChI=1S/C30H25ClF6N2O5S/c31-22-8-5-17(28(40)39-21-10-23(32)26(34)24(33)11-21)9-25(22)45(42,43)27-18-3-4-19(27)13-29(41,12-18)15-38-44-14-16-1-6-20(7-2-16)30(35,36)37/h1-2,5-11,15,18-19,27,41H,3-4,12-14H2,(H,39,40)/b38-15+/t18-,19?,27?,29-/m0/s1. The molecule has 0 spiro atoms. The van der Waals surface area contributed by atoms with Gasteiger partial charge in [-0.3, -0.25) is 4.79 Å². The molecular formula is C30H25ClF6N2O5S. The summed E-state index contributed by atoms with van der Waals surface area (Å²) in [6, 6.07) is 8.96. The van der Waals surface area contributed by atoms with Crippen LogP contribution in [0.25, 0.3) is 0 Å². The largest absolute Gasteiger partial charge is 0.416 e. The molecule has 0 heterocycles. The second-order valence-corrected chi connectivity index (χ2v) is 13.7. The number of amides is 1. The predicted octanol–water partition coefficient (Wildman–Crippen LogP) is 6.92. The minimum absolute atomic E-state index is 0.0278. The van der Waals surface area contributed by atoms with Crippen molar-refractivity contribution < 1.29 is 49.5 Å². The number of rotatable bonds is 8. The first-order valence-electron chi connectivity index (χ1n) is 13.6. The lowest BCUT2D eigenvalue weighted by Crippen LogP contribution is -2.47. The first kappa shape index (κ1) is 32.8. The predicted molar refractivity (Wildman–Crippen MR) is 152 cm³/mol. The number of carbonyl (C=O) groups is 1. The maximum atomic E-state index is 13.9. The van der Waals surface area contributed by atoms with Crippen molar-refractivity contribution in [3.05, 3.63) is 93.8 Å². The van der Waals surface area contributed by atoms with Gasteiger partial charge >= 0.3 is 6.18 Å². The number of hydrogen-bond donors (Lipinski definition) is 2. The van der Waals surface area contributed by atoms with E-state index in [9.17, 15) is 44.7 Å². The molecule has 3 aromatic carbocycles. The molecule has 0 aliphatic heterocycles. The Balaban J connectivity index is 1.27. The van der Waals surface area contributed by atoms with Crippen molar-refractivity contribution in [1.29, 1.82) is 0 Å². The Morgan fingerprint density at radius 3 is 2.20 bits per heavy atom. The molecular weight excluding hydrogens is 650 g/mol. The van der Waals surface area contributed by atoms with E-state index in [4.69, 9.17) is 16.4 Å². The molecule has 5 rings (SSSR count). The number of nitrogens with one attached hydrogen (secondary N) is 1. The van der Waals surface area contributed by atoms with Crippen LogP contribution >= 0.6 is 11.6 Å². The van der Waals surface area contributed by atoms with E-state index in [1.165, 1.54) is 30.5 Å². The molecule has 0 radical (unpaired) electrons. The molecule has 2 fully saturated rings. The van der Waals surface area contributed by atoms with Gasteiger partial charge in [0.05, 0.1) is 26.9 Å². The third kappa shape index (κ3) is 6.97. The van der Waals surface area contributed by atoms with E-state index in [0.29, 0.717) is 30.5 Å². The Morgan fingerprint density at radius 1 is 1.02 bits per heavy atom. The van der Waals surface area contributed by atoms with Crippen LogP contribution < -0.4 is 5.32 Å². The molecule has 0 aromatic heterocycles. The minimum Gasteiger partial charge on any atom is -0.391 e. The maximum absolute atomic E-state index is 13.9. The lowest BCUT2D eigenvalue weighted by Gasteiger charge is -2.38. The van der Waals surface area contributed by atoms with Crippen LogP contribution in [0.2, 0.25) is 5.02 Å². The third-order valence-corrected chi connectivity index (χ3v) is 10.9. The molecule has 240 valence electrons. The molecule has 3 aromatic rings. The molecule has 15 heteroatoms. The summed E-state index contributed by atoms with van der Waals surface area (Å²) in [7, 11) is -4.15. The fraction of sp³-hybridized carbons (Fsp3) is 0.333. The van der Waals surface area contributed by atoms with Crippen molar-refractivity contribution in [2.45, 2.75) is 54.2 Å². The van der Waals surface area contributed by atoms with Crippen molar-refractivity contribution >= 4 is 39.2 Å². The Morgan fingerprint density at radius 2 is 1.62 bits per heavy atom. The van der Waals surface area contributed by atoms with Gasteiger partial charge in [0.1, 0.15) is 12.2 Å². The summed E-state index contributed by atoms with van der Waals surface area (Å²) in [4.78, 5) is 17.6. The van der Waals surface area contributed by atoms with Gasteiger partial charge in [-0.15, -0.1) is 0 Å². The van der Waals surface area contributed by atoms with E-state index in [2.05, 4.69) is 10.5 Å². The van der Waals surface area contributed by atoms with Crippen LogP contribution in [0.15, 0.2) is 64.6 Å². The van der Waals surface area contributed by atoms with E-state index >= 15 is 0 Å². The molecule has 4 atom stereocenters. The molecule has 0 saturated heterocycles. The van der Waals surface area contributed by atoms with Gasteiger partial charge in [0.2, 0.25) is 0 Å². The van der Waals surface area contributed by atoms with Crippen LogP contribution in [0.3, 0.4) is 0 Å². The average Bonchev–Trinajstić information content (AvgIpc) is 3.27. The van der Waals surface area contributed by atoms with Gasteiger partial charge in [-0.2, -0.15) is 13.2 Å². The highest BCUT2D eigenvalue weighted by Crippen LogP contribution is 2.51. The summed E-state index contributed by atoms with van der Waals surface area (Å²) in [5.74, 6) is -6.67. The van der Waals surface area contributed by atoms with E-state index < -0.39 is 67.6 Å². The summed E-state index contributed by atoms with van der Waals surface area (Å²) in [6.45, 7) is -0.151. The molecule has 2 aliphatic rings. The van der Waals surface area contributed by atoms with Gasteiger partial charge in [-0.1, -0.05) is 28.9 Å². The smallest absolute Gasteiger partial charge is 0.391 e. The number of oxime groups is 1. The second kappa shape index (κ2) is 12.3. The number of anilines is 1. The second-order valence-electron chi connectivity index (χ2n) is 11.2. The van der Waals surface area contributed by atoms with Crippen molar-refractivity contribution in [2.75, 3.05) is 5.32 Å². The quantitative estimate of drug-likeness (QED) is 0.117. The zero-order valence-electron chi connectivity index (χ0n) is 23.1. The Bertz CT molecular complexity index is 1710. The Labute approximate surface area is 258 Å². The van der Waals surface area contributed by atoms with Gasteiger partial charge in [0.15, 0.2) is 27.3 Å². The van der Waals surface area contributed by atoms with Crippen molar-refractivity contribution in [1.82, 2.24) is 0 Å². The fourth-order valence-corrected chi connectivity index (χ4v) is 8.90. The highest BCUT2D eigenvalue weighted by molar-refractivity contribution is 7.92. The zero-order valence-corrected chi connectivity index (χ0v) is 24.7. The van der Waals surface area contributed by atoms with E-state index in [-0.39, 0.29) is 40.6 Å². The van der Waals surface area contributed by atoms with Crippen LogP contribution in [0.5, 0.6) is 0 Å². The summed E-state index contributed by atoms with van der Waals surface area (Å²) in [5.41, 5.74) is -2.44. The molecule has 2 unspecified atom stereocenters. The van der Waals surface area contributed by atoms with Crippen molar-refractivity contribution in [2.24, 2.45) is 17.0 Å². The lowest BCUT2D eigenvalue weighted by atomic mass is 9.78. The SMILES string of the molecule is O=C(Nc1cc(F)c(F)c(F)c1)c1ccc(Cl)c(S(=O)(=O)C2C3CC[C@H]2C[C@@](O)(/C=N/OCc2ccc(C(F)(F)F)cc2)C3)c1. The van der Waals surface area contributed by atoms with E-state index in [1.54, 1.807) is 0 Å². The first-order valence-corrected chi connectivity index (χ1v) is 15.5. The van der Waals surface area contributed by atoms with Crippen LogP contribution in [0, 0.1) is 29.3 Å². The molecule has 2 bridgehead atoms. The summed E-state index contributed by atoms with van der Waals surface area (Å²) in [6.07, 6.45) is -2.28. The average molecular weight is 675 g/mol. The van der Waals surface area contributed by atoms with Crippen molar-refractivity contribution in [3.8, 4) is 0 Å². The van der Waals surface area contributed by atoms with Gasteiger partial charge in [0.25, 0.3) is 5.91 Å². The van der Waals surface area contributed by atoms with E-state index in [1.807, 2.05) is 0 Å². The number of aliphatic hydroxyl groups is 1. The topological polar surface area (TPSA) is 105 Å². The van der Waals surface area contributed by atoms with Gasteiger partial charge < -0.3 is 15.3 Å². The normalized spacial score (nSPS) is 23.3. The highest BCUT2D eigenvalue weighted by atomic mass is 35.5.